The molecule has 4 heteroatoms. The van der Waals surface area contributed by atoms with Crippen molar-refractivity contribution < 1.29 is 9.90 Å². The first-order valence-electron chi connectivity index (χ1n) is 2.15. The first kappa shape index (κ1) is 6.58. The van der Waals surface area contributed by atoms with Gasteiger partial charge in [0.2, 0.25) is 0 Å². The van der Waals surface area contributed by atoms with Gasteiger partial charge in [0, 0.05) is 16.3 Å². The number of carbonyl (C=O) groups is 1. The second-order valence-corrected chi connectivity index (χ2v) is 2.57. The number of aromatic carboxylic acids is 1. The molecule has 0 aliphatic heterocycles. The molecule has 0 saturated carbocycles. The van der Waals surface area contributed by atoms with E-state index in [-0.39, 0.29) is 10.6 Å². The van der Waals surface area contributed by atoms with E-state index in [1.807, 2.05) is 0 Å². The van der Waals surface area contributed by atoms with Crippen LogP contribution in [-0.2, 0) is 0 Å². The maximum Gasteiger partial charge on any atom is 0.0738 e. The third kappa shape index (κ3) is 1.23. The minimum Gasteiger partial charge on any atom is -0.545 e. The summed E-state index contributed by atoms with van der Waals surface area (Å²) in [5.74, 6) is -1.22. The summed E-state index contributed by atoms with van der Waals surface area (Å²) in [5, 5.41) is 13.3. The van der Waals surface area contributed by atoms with Crippen molar-refractivity contribution in [1.82, 2.24) is 0 Å². The van der Waals surface area contributed by atoms with Crippen molar-refractivity contribution in [1.29, 1.82) is 0 Å². The lowest BCUT2D eigenvalue weighted by molar-refractivity contribution is -0.254. The van der Waals surface area contributed by atoms with E-state index >= 15 is 0 Å². The van der Waals surface area contributed by atoms with Crippen molar-refractivity contribution in [3.05, 3.63) is 21.3 Å². The minimum absolute atomic E-state index is 0.0710. The molecule has 0 radical (unpaired) electrons. The first-order chi connectivity index (χ1) is 4.22. The number of halogens is 1. The molecule has 0 amide bonds. The van der Waals surface area contributed by atoms with Crippen LogP contribution in [0.25, 0.3) is 0 Å². The maximum atomic E-state index is 10.1. The fraction of sp³-hybridized carbons (Fsp3) is 0. The smallest absolute Gasteiger partial charge is 0.0738 e. The Bertz CT molecular complexity index is 231. The van der Waals surface area contributed by atoms with Crippen LogP contribution < -0.4 is 5.11 Å². The van der Waals surface area contributed by atoms with Gasteiger partial charge < -0.3 is 9.90 Å². The second-order valence-electron chi connectivity index (χ2n) is 1.42. The van der Waals surface area contributed by atoms with Gasteiger partial charge in [0.05, 0.1) is 11.0 Å². The molecule has 0 spiro atoms. The fourth-order valence-electron chi connectivity index (χ4n) is 0.427. The Morgan fingerprint density at radius 1 is 1.67 bits per heavy atom. The average molecular weight is 162 g/mol. The zero-order valence-electron chi connectivity index (χ0n) is 4.26. The summed E-state index contributed by atoms with van der Waals surface area (Å²) in [6.07, 6.45) is 0. The highest BCUT2D eigenvalue weighted by atomic mass is 35.5. The highest BCUT2D eigenvalue weighted by Crippen LogP contribution is 2.19. The molecule has 0 fully saturated rings. The van der Waals surface area contributed by atoms with Crippen LogP contribution in [-0.4, -0.2) is 5.97 Å². The molecule has 0 aliphatic carbocycles. The molecule has 0 atom stereocenters. The topological polar surface area (TPSA) is 40.1 Å². The van der Waals surface area contributed by atoms with E-state index in [0.29, 0.717) is 0 Å². The van der Waals surface area contributed by atoms with Crippen LogP contribution in [0.15, 0.2) is 10.8 Å². The lowest BCUT2D eigenvalue weighted by atomic mass is 10.3. The molecular formula is C5H2ClO2S-. The van der Waals surface area contributed by atoms with Gasteiger partial charge in [-0.3, -0.25) is 0 Å². The standard InChI is InChI=1S/C5H3ClO2S/c6-4-2-9-1-3(4)5(7)8/h1-2H,(H,7,8)/p-1. The van der Waals surface area contributed by atoms with Crippen molar-refractivity contribution in [3.8, 4) is 0 Å². The summed E-state index contributed by atoms with van der Waals surface area (Å²) in [7, 11) is 0. The zero-order valence-corrected chi connectivity index (χ0v) is 5.83. The van der Waals surface area contributed by atoms with Gasteiger partial charge in [0.25, 0.3) is 0 Å². The Hall–Kier alpha value is -0.540. The van der Waals surface area contributed by atoms with E-state index < -0.39 is 5.97 Å². The Kier molecular flexibility index (Phi) is 1.73. The molecule has 9 heavy (non-hydrogen) atoms. The summed E-state index contributed by atoms with van der Waals surface area (Å²) in [6, 6.07) is 0. The number of carboxylic acids is 1. The summed E-state index contributed by atoms with van der Waals surface area (Å²) in [6.45, 7) is 0. The van der Waals surface area contributed by atoms with E-state index in [9.17, 15) is 9.90 Å². The quantitative estimate of drug-likeness (QED) is 0.610. The Labute approximate surface area is 60.7 Å². The van der Waals surface area contributed by atoms with Gasteiger partial charge in [0.15, 0.2) is 0 Å². The largest absolute Gasteiger partial charge is 0.545 e. The molecule has 0 bridgehead atoms. The van der Waals surface area contributed by atoms with Gasteiger partial charge >= 0.3 is 0 Å². The molecule has 0 N–H and O–H groups in total. The molecule has 1 aromatic rings. The number of hydrogen-bond acceptors (Lipinski definition) is 3. The van der Waals surface area contributed by atoms with Crippen LogP contribution in [0.3, 0.4) is 0 Å². The van der Waals surface area contributed by atoms with Gasteiger partial charge in [-0.05, 0) is 0 Å². The second kappa shape index (κ2) is 2.37. The summed E-state index contributed by atoms with van der Waals surface area (Å²) in [5.41, 5.74) is 0.0710. The molecule has 1 aromatic heterocycles. The highest BCUT2D eigenvalue weighted by Gasteiger charge is 1.99. The lowest BCUT2D eigenvalue weighted by Gasteiger charge is -1.95. The first-order valence-corrected chi connectivity index (χ1v) is 3.47. The van der Waals surface area contributed by atoms with Gasteiger partial charge in [-0.1, -0.05) is 11.6 Å². The Balaban J connectivity index is 3.08. The van der Waals surface area contributed by atoms with E-state index in [1.165, 1.54) is 16.7 Å². The number of carbonyl (C=O) groups excluding carboxylic acids is 1. The van der Waals surface area contributed by atoms with E-state index in [4.69, 9.17) is 11.6 Å². The third-order valence-corrected chi connectivity index (χ3v) is 2.02. The molecule has 1 rings (SSSR count). The van der Waals surface area contributed by atoms with Crippen molar-refractivity contribution in [2.75, 3.05) is 0 Å². The van der Waals surface area contributed by atoms with E-state index in [2.05, 4.69) is 0 Å². The summed E-state index contributed by atoms with van der Waals surface area (Å²) < 4.78 is 0. The van der Waals surface area contributed by atoms with Crippen LogP contribution in [0.2, 0.25) is 5.02 Å². The number of thiophene rings is 1. The SMILES string of the molecule is O=C([O-])c1cscc1Cl. The monoisotopic (exact) mass is 161 g/mol. The van der Waals surface area contributed by atoms with Crippen LogP contribution in [0.4, 0.5) is 0 Å². The van der Waals surface area contributed by atoms with E-state index in [0.717, 1.165) is 0 Å². The maximum absolute atomic E-state index is 10.1. The van der Waals surface area contributed by atoms with Crippen LogP contribution in [0, 0.1) is 0 Å². The lowest BCUT2D eigenvalue weighted by Crippen LogP contribution is -2.21. The predicted molar refractivity (Wildman–Crippen MR) is 33.7 cm³/mol. The molecule has 0 aliphatic rings. The molecular weight excluding hydrogens is 160 g/mol. The van der Waals surface area contributed by atoms with Gasteiger partial charge in [0.1, 0.15) is 0 Å². The zero-order chi connectivity index (χ0) is 6.85. The Morgan fingerprint density at radius 2 is 2.33 bits per heavy atom. The minimum atomic E-state index is -1.22. The molecule has 0 aromatic carbocycles. The number of carboxylic acid groups (broad SMARTS) is 1. The average Bonchev–Trinajstić information content (AvgIpc) is 2.13. The number of hydrogen-bond donors (Lipinski definition) is 0. The van der Waals surface area contributed by atoms with Crippen molar-refractivity contribution >= 4 is 28.9 Å². The Morgan fingerprint density at radius 3 is 2.56 bits per heavy atom. The third-order valence-electron chi connectivity index (χ3n) is 0.835. The van der Waals surface area contributed by atoms with Gasteiger partial charge in [-0.25, -0.2) is 0 Å². The molecule has 2 nitrogen and oxygen atoms in total. The van der Waals surface area contributed by atoms with Gasteiger partial charge in [-0.15, -0.1) is 0 Å². The molecule has 48 valence electrons. The fourth-order valence-corrected chi connectivity index (χ4v) is 1.45. The summed E-state index contributed by atoms with van der Waals surface area (Å²) in [4.78, 5) is 10.1. The molecule has 1 heterocycles. The van der Waals surface area contributed by atoms with E-state index in [1.54, 1.807) is 5.38 Å². The van der Waals surface area contributed by atoms with Crippen LogP contribution >= 0.6 is 22.9 Å². The van der Waals surface area contributed by atoms with Crippen molar-refractivity contribution in [2.45, 2.75) is 0 Å². The normalized spacial score (nSPS) is 9.44. The molecule has 0 saturated heterocycles. The van der Waals surface area contributed by atoms with Crippen LogP contribution in [0.5, 0.6) is 0 Å². The highest BCUT2D eigenvalue weighted by molar-refractivity contribution is 7.08. The summed E-state index contributed by atoms with van der Waals surface area (Å²) >= 11 is 6.67. The predicted octanol–water partition coefficient (Wildman–Crippen LogP) is 0.765. The van der Waals surface area contributed by atoms with Crippen molar-refractivity contribution in [2.24, 2.45) is 0 Å². The molecule has 0 unspecified atom stereocenters. The van der Waals surface area contributed by atoms with Crippen LogP contribution in [0.1, 0.15) is 10.4 Å². The number of rotatable bonds is 1. The van der Waals surface area contributed by atoms with Crippen molar-refractivity contribution in [3.63, 3.8) is 0 Å². The van der Waals surface area contributed by atoms with Gasteiger partial charge in [-0.2, -0.15) is 11.3 Å².